The molecule has 0 saturated heterocycles. The summed E-state index contributed by atoms with van der Waals surface area (Å²) in [6.07, 6.45) is -2.35. The number of benzene rings is 2. The van der Waals surface area contributed by atoms with Gasteiger partial charge in [-0.15, -0.1) is 0 Å². The molecular weight excluding hydrogens is 278 g/mol. The third kappa shape index (κ3) is 11.0. The van der Waals surface area contributed by atoms with Crippen LogP contribution >= 0.6 is 0 Å². The third-order valence-corrected chi connectivity index (χ3v) is 2.47. The maximum atomic E-state index is 11.9. The zero-order valence-corrected chi connectivity index (χ0v) is 15.0. The first kappa shape index (κ1) is 22.6. The normalized spacial score (nSPS) is 8.64. The third-order valence-electron chi connectivity index (χ3n) is 2.47. The molecule has 0 unspecified atom stereocenters. The van der Waals surface area contributed by atoms with Crippen LogP contribution in [0.2, 0.25) is 0 Å². The summed E-state index contributed by atoms with van der Waals surface area (Å²) in [4.78, 5) is 0. The molecule has 124 valence electrons. The predicted molar refractivity (Wildman–Crippen MR) is 94.7 cm³/mol. The Morgan fingerprint density at radius 1 is 0.636 bits per heavy atom. The monoisotopic (exact) mass is 308 g/mol. The standard InChI is InChI=1S/C8H8F2.C8H10.2C2H6/c1-6-3-2-4-7(5-6)8(9)10;1-7-4-3-5-8(2)6-7;2*1-2/h2-5,8H,1H3;3-6H,1-2H3;2*1-2H3. The highest BCUT2D eigenvalue weighted by atomic mass is 19.3. The van der Waals surface area contributed by atoms with E-state index in [1.54, 1.807) is 19.1 Å². The summed E-state index contributed by atoms with van der Waals surface area (Å²) < 4.78 is 23.9. The van der Waals surface area contributed by atoms with Crippen LogP contribution in [0.15, 0.2) is 48.5 Å². The summed E-state index contributed by atoms with van der Waals surface area (Å²) in [6, 6.07) is 14.8. The largest absolute Gasteiger partial charge is 0.263 e. The number of hydrogen-bond donors (Lipinski definition) is 0. The Bertz CT molecular complexity index is 473. The Labute approximate surface area is 135 Å². The van der Waals surface area contributed by atoms with Gasteiger partial charge in [0.1, 0.15) is 0 Å². The van der Waals surface area contributed by atoms with E-state index in [2.05, 4.69) is 38.1 Å². The van der Waals surface area contributed by atoms with Gasteiger partial charge in [-0.3, -0.25) is 0 Å². The minimum Gasteiger partial charge on any atom is -0.205 e. The van der Waals surface area contributed by atoms with E-state index in [0.717, 1.165) is 5.56 Å². The van der Waals surface area contributed by atoms with Gasteiger partial charge in [0.15, 0.2) is 0 Å². The van der Waals surface area contributed by atoms with Crippen molar-refractivity contribution < 1.29 is 8.78 Å². The fraction of sp³-hybridized carbons (Fsp3) is 0.400. The van der Waals surface area contributed by atoms with Crippen LogP contribution in [0.5, 0.6) is 0 Å². The molecule has 0 N–H and O–H groups in total. The predicted octanol–water partition coefficient (Wildman–Crippen LogP) is 7.29. The summed E-state index contributed by atoms with van der Waals surface area (Å²) in [5.41, 5.74) is 3.65. The van der Waals surface area contributed by atoms with Crippen LogP contribution in [0, 0.1) is 20.8 Å². The Morgan fingerprint density at radius 3 is 1.23 bits per heavy atom. The highest BCUT2D eigenvalue weighted by Gasteiger charge is 2.04. The Hall–Kier alpha value is -1.70. The molecule has 0 amide bonds. The molecule has 0 atom stereocenters. The van der Waals surface area contributed by atoms with E-state index in [1.165, 1.54) is 23.3 Å². The second-order valence-electron chi connectivity index (χ2n) is 4.37. The van der Waals surface area contributed by atoms with Crippen LogP contribution < -0.4 is 0 Å². The van der Waals surface area contributed by atoms with Gasteiger partial charge < -0.3 is 0 Å². The van der Waals surface area contributed by atoms with Crippen LogP contribution in [-0.4, -0.2) is 0 Å². The van der Waals surface area contributed by atoms with Gasteiger partial charge in [0, 0.05) is 5.56 Å². The Balaban J connectivity index is 0. The second kappa shape index (κ2) is 14.2. The molecule has 0 aliphatic rings. The molecular formula is C20H30F2. The number of aryl methyl sites for hydroxylation is 3. The highest BCUT2D eigenvalue weighted by Crippen LogP contribution is 2.18. The minimum atomic E-state index is -2.35. The van der Waals surface area contributed by atoms with Crippen LogP contribution in [0.25, 0.3) is 0 Å². The Kier molecular flexibility index (Phi) is 14.6. The molecule has 22 heavy (non-hydrogen) atoms. The van der Waals surface area contributed by atoms with Gasteiger partial charge in [0.2, 0.25) is 0 Å². The van der Waals surface area contributed by atoms with E-state index in [9.17, 15) is 8.78 Å². The maximum absolute atomic E-state index is 11.9. The van der Waals surface area contributed by atoms with Gasteiger partial charge in [-0.1, -0.05) is 92.9 Å². The highest BCUT2D eigenvalue weighted by molar-refractivity contribution is 5.22. The lowest BCUT2D eigenvalue weighted by Crippen LogP contribution is -1.83. The summed E-state index contributed by atoms with van der Waals surface area (Å²) in [6.45, 7) is 14.0. The summed E-state index contributed by atoms with van der Waals surface area (Å²) in [5.74, 6) is 0. The molecule has 0 radical (unpaired) electrons. The van der Waals surface area contributed by atoms with Crippen LogP contribution in [0.3, 0.4) is 0 Å². The van der Waals surface area contributed by atoms with Crippen LogP contribution in [-0.2, 0) is 0 Å². The molecule has 0 heterocycles. The smallest absolute Gasteiger partial charge is 0.205 e. The van der Waals surface area contributed by atoms with Crippen molar-refractivity contribution in [1.29, 1.82) is 0 Å². The van der Waals surface area contributed by atoms with Crippen molar-refractivity contribution in [2.45, 2.75) is 54.9 Å². The molecule has 0 fully saturated rings. The van der Waals surface area contributed by atoms with E-state index >= 15 is 0 Å². The molecule has 0 aliphatic carbocycles. The van der Waals surface area contributed by atoms with Crippen molar-refractivity contribution in [2.75, 3.05) is 0 Å². The molecule has 0 aliphatic heterocycles. The molecule has 2 heteroatoms. The van der Waals surface area contributed by atoms with E-state index in [-0.39, 0.29) is 5.56 Å². The van der Waals surface area contributed by atoms with Crippen molar-refractivity contribution in [1.82, 2.24) is 0 Å². The van der Waals surface area contributed by atoms with Crippen molar-refractivity contribution in [2.24, 2.45) is 0 Å². The summed E-state index contributed by atoms with van der Waals surface area (Å²) >= 11 is 0. The molecule has 0 aromatic heterocycles. The summed E-state index contributed by atoms with van der Waals surface area (Å²) in [7, 11) is 0. The van der Waals surface area contributed by atoms with E-state index in [0.29, 0.717) is 0 Å². The fourth-order valence-corrected chi connectivity index (χ4v) is 1.61. The molecule has 0 spiro atoms. The van der Waals surface area contributed by atoms with Gasteiger partial charge >= 0.3 is 0 Å². The first-order valence-corrected chi connectivity index (χ1v) is 7.87. The van der Waals surface area contributed by atoms with Gasteiger partial charge in [-0.25, -0.2) is 8.78 Å². The summed E-state index contributed by atoms with van der Waals surface area (Å²) in [5, 5.41) is 0. The van der Waals surface area contributed by atoms with E-state index in [4.69, 9.17) is 0 Å². The molecule has 0 saturated carbocycles. The van der Waals surface area contributed by atoms with E-state index in [1.807, 2.05) is 27.7 Å². The molecule has 2 aromatic rings. The fourth-order valence-electron chi connectivity index (χ4n) is 1.61. The van der Waals surface area contributed by atoms with Crippen molar-refractivity contribution in [3.05, 3.63) is 70.8 Å². The topological polar surface area (TPSA) is 0 Å². The lowest BCUT2D eigenvalue weighted by molar-refractivity contribution is 0.151. The van der Waals surface area contributed by atoms with Crippen molar-refractivity contribution in [3.63, 3.8) is 0 Å². The SMILES string of the molecule is CC.CC.Cc1cccc(C(F)F)c1.Cc1cccc(C)c1. The maximum Gasteiger partial charge on any atom is 0.263 e. The van der Waals surface area contributed by atoms with Gasteiger partial charge in [-0.05, 0) is 20.8 Å². The lowest BCUT2D eigenvalue weighted by Gasteiger charge is -1.98. The zero-order valence-electron chi connectivity index (χ0n) is 15.0. The molecule has 2 aromatic carbocycles. The zero-order chi connectivity index (χ0) is 17.5. The molecule has 0 bridgehead atoms. The quantitative estimate of drug-likeness (QED) is 0.519. The van der Waals surface area contributed by atoms with Gasteiger partial charge in [0.25, 0.3) is 6.43 Å². The number of hydrogen-bond acceptors (Lipinski definition) is 0. The van der Waals surface area contributed by atoms with Gasteiger partial charge in [-0.2, -0.15) is 0 Å². The first-order valence-electron chi connectivity index (χ1n) is 7.87. The number of alkyl halides is 2. The number of halogens is 2. The minimum absolute atomic E-state index is 0.0972. The average molecular weight is 308 g/mol. The van der Waals surface area contributed by atoms with Gasteiger partial charge in [0.05, 0.1) is 0 Å². The van der Waals surface area contributed by atoms with Crippen molar-refractivity contribution in [3.8, 4) is 0 Å². The lowest BCUT2D eigenvalue weighted by atomic mass is 10.1. The number of rotatable bonds is 1. The molecule has 0 nitrogen and oxygen atoms in total. The van der Waals surface area contributed by atoms with E-state index < -0.39 is 6.43 Å². The molecule has 2 rings (SSSR count). The van der Waals surface area contributed by atoms with Crippen LogP contribution in [0.4, 0.5) is 8.78 Å². The van der Waals surface area contributed by atoms with Crippen molar-refractivity contribution >= 4 is 0 Å². The van der Waals surface area contributed by atoms with Crippen LogP contribution in [0.1, 0.15) is 56.4 Å². The average Bonchev–Trinajstić information content (AvgIpc) is 2.51. The Morgan fingerprint density at radius 2 is 1.00 bits per heavy atom. The second-order valence-corrected chi connectivity index (χ2v) is 4.37. The first-order chi connectivity index (χ1) is 10.5.